The fourth-order valence-corrected chi connectivity index (χ4v) is 6.32. The Kier molecular flexibility index (Phi) is 8.56. The summed E-state index contributed by atoms with van der Waals surface area (Å²) in [5.74, 6) is 2.04. The van der Waals surface area contributed by atoms with Crippen LogP contribution >= 0.6 is 23.5 Å². The number of methoxy groups -OCH3 is 3. The van der Waals surface area contributed by atoms with Crippen LogP contribution in [0.3, 0.4) is 0 Å². The van der Waals surface area contributed by atoms with Crippen LogP contribution in [-0.2, 0) is 11.5 Å². The van der Waals surface area contributed by atoms with E-state index in [1.165, 1.54) is 18.0 Å². The third kappa shape index (κ3) is 7.60. The van der Waals surface area contributed by atoms with E-state index in [0.717, 1.165) is 39.2 Å². The van der Waals surface area contributed by atoms with E-state index in [9.17, 15) is 10.1 Å². The van der Waals surface area contributed by atoms with E-state index in [0.29, 0.717) is 50.1 Å². The molecule has 0 radical (unpaired) electrons. The molecule has 0 amide bonds. The predicted molar refractivity (Wildman–Crippen MR) is 185 cm³/mol. The lowest BCUT2D eigenvalue weighted by molar-refractivity contribution is -0.386. The standard InChI is InChI=1S/C17H19N3O2S.C16H16N4O3S/c1-10-8-18-15(11(2)16(10)22-4)9-23-17-19-13-6-5-12(21-3)7-14(13)20-17;1-9-7-17-14(10(2)15(9)20(21)22)8-24-16-18-12-5-4-11(23-3)6-13(12)19-16/h5-8H,9H2,1-4H3,(H,19,20);4-7H,8H2,1-3H3,(H,18,19)/i4D3,9D2;. The summed E-state index contributed by atoms with van der Waals surface area (Å²) in [5.41, 5.74) is 4.10. The number of nitrogens with one attached hydrogen (secondary N) is 2. The Morgan fingerprint density at radius 1 is 0.830 bits per heavy atom. The van der Waals surface area contributed by atoms with Crippen molar-refractivity contribution in [2.75, 3.05) is 21.3 Å². The molecule has 4 aromatic heterocycles. The minimum atomic E-state index is -2.63. The monoisotopic (exact) mass is 678 g/mol. The smallest absolute Gasteiger partial charge is 0.278 e. The molecule has 6 aromatic rings. The molecule has 2 aromatic carbocycles. The third-order valence-electron chi connectivity index (χ3n) is 7.23. The van der Waals surface area contributed by atoms with Gasteiger partial charge in [0.05, 0.1) is 63.7 Å². The van der Waals surface area contributed by atoms with Crippen molar-refractivity contribution in [3.63, 3.8) is 0 Å². The van der Waals surface area contributed by atoms with E-state index in [1.807, 2.05) is 18.2 Å². The number of aryl methyl sites for hydroxylation is 2. The van der Waals surface area contributed by atoms with E-state index >= 15 is 0 Å². The van der Waals surface area contributed by atoms with Crippen molar-refractivity contribution < 1.29 is 26.0 Å². The van der Waals surface area contributed by atoms with Crippen molar-refractivity contribution in [1.29, 1.82) is 0 Å². The highest BCUT2D eigenvalue weighted by atomic mass is 32.2. The highest BCUT2D eigenvalue weighted by molar-refractivity contribution is 7.98. The van der Waals surface area contributed by atoms with Crippen LogP contribution in [0.25, 0.3) is 22.1 Å². The molecule has 0 saturated carbocycles. The minimum Gasteiger partial charge on any atom is -0.497 e. The fraction of sp³-hybridized carbons (Fsp3) is 0.273. The Morgan fingerprint density at radius 3 is 1.98 bits per heavy atom. The summed E-state index contributed by atoms with van der Waals surface area (Å²) in [6.45, 7) is 6.69. The molecule has 0 atom stereocenters. The lowest BCUT2D eigenvalue weighted by atomic mass is 10.1. The zero-order chi connectivity index (χ0) is 38.0. The highest BCUT2D eigenvalue weighted by Crippen LogP contribution is 2.31. The second kappa shape index (κ2) is 14.7. The van der Waals surface area contributed by atoms with Gasteiger partial charge < -0.3 is 24.2 Å². The van der Waals surface area contributed by atoms with Crippen LogP contribution < -0.4 is 14.2 Å². The maximum atomic E-state index is 11.2. The number of nitro groups is 1. The number of ether oxygens (including phenoxy) is 3. The molecule has 0 bridgehead atoms. The molecule has 47 heavy (non-hydrogen) atoms. The number of rotatable bonds is 10. The van der Waals surface area contributed by atoms with Crippen molar-refractivity contribution in [3.8, 4) is 17.2 Å². The number of hydrogen-bond acceptors (Lipinski definition) is 11. The average Bonchev–Trinajstić information content (AvgIpc) is 3.67. The van der Waals surface area contributed by atoms with Crippen LogP contribution in [0, 0.1) is 37.8 Å². The van der Waals surface area contributed by atoms with Gasteiger partial charge >= 0.3 is 0 Å². The van der Waals surface area contributed by atoms with Crippen molar-refractivity contribution in [2.24, 2.45) is 0 Å². The fourth-order valence-electron chi connectivity index (χ4n) is 4.71. The van der Waals surface area contributed by atoms with Crippen molar-refractivity contribution in [3.05, 3.63) is 92.5 Å². The summed E-state index contributed by atoms with van der Waals surface area (Å²) in [7, 11) is 0.550. The van der Waals surface area contributed by atoms with Gasteiger partial charge in [0.15, 0.2) is 10.3 Å². The number of H-pyrrole nitrogens is 2. The van der Waals surface area contributed by atoms with E-state index in [-0.39, 0.29) is 22.1 Å². The number of pyridine rings is 2. The molecular formula is C33H35N7O5S2. The number of nitrogens with zero attached hydrogens (tertiary/aromatic N) is 5. The third-order valence-corrected chi connectivity index (χ3v) is 8.79. The van der Waals surface area contributed by atoms with Gasteiger partial charge in [0.25, 0.3) is 5.69 Å². The first-order valence-electron chi connectivity index (χ1n) is 16.6. The summed E-state index contributed by atoms with van der Waals surface area (Å²) >= 11 is 2.31. The molecule has 12 nitrogen and oxygen atoms in total. The summed E-state index contributed by atoms with van der Waals surface area (Å²) in [5, 5.41) is 12.3. The maximum absolute atomic E-state index is 11.2. The van der Waals surface area contributed by atoms with Crippen LogP contribution in [0.15, 0.2) is 59.1 Å². The number of aromatic amines is 2. The van der Waals surface area contributed by atoms with Gasteiger partial charge in [-0.2, -0.15) is 0 Å². The van der Waals surface area contributed by atoms with Crippen molar-refractivity contribution in [2.45, 2.75) is 49.5 Å². The van der Waals surface area contributed by atoms with Crippen LogP contribution in [-0.4, -0.2) is 56.1 Å². The largest absolute Gasteiger partial charge is 0.497 e. The number of fused-ring (bicyclic) bond motifs is 2. The molecule has 244 valence electrons. The maximum Gasteiger partial charge on any atom is 0.278 e. The first kappa shape index (κ1) is 27.3. The first-order chi connectivity index (χ1) is 24.5. The number of aromatic nitrogens is 6. The van der Waals surface area contributed by atoms with Gasteiger partial charge in [0, 0.05) is 61.0 Å². The highest BCUT2D eigenvalue weighted by Gasteiger charge is 2.19. The van der Waals surface area contributed by atoms with Gasteiger partial charge in [-0.15, -0.1) is 0 Å². The van der Waals surface area contributed by atoms with Gasteiger partial charge in [-0.1, -0.05) is 23.5 Å². The Labute approximate surface area is 287 Å². The zero-order valence-electron chi connectivity index (χ0n) is 31.4. The molecule has 0 aliphatic carbocycles. The summed E-state index contributed by atoms with van der Waals surface area (Å²) < 4.78 is 54.4. The van der Waals surface area contributed by atoms with Gasteiger partial charge in [0.2, 0.25) is 0 Å². The van der Waals surface area contributed by atoms with Gasteiger partial charge in [0.1, 0.15) is 17.2 Å². The number of imidazole rings is 2. The van der Waals surface area contributed by atoms with Gasteiger partial charge in [-0.25, -0.2) is 9.97 Å². The minimum absolute atomic E-state index is 0.0837. The topological polar surface area (TPSA) is 154 Å². The SMILES string of the molecule is COc1ccc2nc(SCc3ncc(C)c([N+](=O)[O-])c3C)[nH]c2c1.[2H]C([2H])([2H])Oc1c(C)cnc(C([2H])([2H])Sc2nc3ccc(OC)cc3[nH]2)c1C. The predicted octanol–water partition coefficient (Wildman–Crippen LogP) is 7.67. The molecule has 0 unspecified atom stereocenters. The van der Waals surface area contributed by atoms with Crippen LogP contribution in [0.5, 0.6) is 17.2 Å². The Bertz CT molecular complexity index is 2260. The molecule has 0 fully saturated rings. The molecule has 0 saturated heterocycles. The number of benzene rings is 2. The molecule has 2 N–H and O–H groups in total. The molecular weight excluding hydrogens is 639 g/mol. The number of hydrogen-bond donors (Lipinski definition) is 2. The summed E-state index contributed by atoms with van der Waals surface area (Å²) in [4.78, 5) is 34.5. The number of thioether (sulfide) groups is 2. The van der Waals surface area contributed by atoms with Crippen molar-refractivity contribution >= 4 is 51.3 Å². The second-order valence-electron chi connectivity index (χ2n) is 10.3. The molecule has 0 aliphatic rings. The quantitative estimate of drug-likeness (QED) is 0.0833. The molecule has 4 heterocycles. The van der Waals surface area contributed by atoms with Crippen molar-refractivity contribution in [1.82, 2.24) is 29.9 Å². The van der Waals surface area contributed by atoms with Crippen LogP contribution in [0.4, 0.5) is 5.69 Å². The van der Waals surface area contributed by atoms with E-state index in [4.69, 9.17) is 21.1 Å². The lowest BCUT2D eigenvalue weighted by Crippen LogP contribution is -2.01. The Morgan fingerprint density at radius 2 is 1.40 bits per heavy atom. The zero-order valence-corrected chi connectivity index (χ0v) is 28.1. The molecule has 14 heteroatoms. The lowest BCUT2D eigenvalue weighted by Gasteiger charge is -2.11. The normalized spacial score (nSPS) is 13.1. The Hall–Kier alpha value is -4.82. The molecule has 0 aliphatic heterocycles. The second-order valence-corrected chi connectivity index (χ2v) is 12.1. The van der Waals surface area contributed by atoms with E-state index in [1.54, 1.807) is 66.3 Å². The summed E-state index contributed by atoms with van der Waals surface area (Å²) in [6, 6.07) is 11.0. The molecule has 6 rings (SSSR count). The van der Waals surface area contributed by atoms with E-state index < -0.39 is 12.7 Å². The van der Waals surface area contributed by atoms with Crippen LogP contribution in [0.1, 0.15) is 40.5 Å². The molecule has 0 spiro atoms. The van der Waals surface area contributed by atoms with E-state index in [2.05, 4.69) is 29.9 Å². The summed E-state index contributed by atoms with van der Waals surface area (Å²) in [6.07, 6.45) is 2.95. The first-order valence-corrected chi connectivity index (χ1v) is 15.9. The van der Waals surface area contributed by atoms with Gasteiger partial charge in [-0.05, 0) is 52.0 Å². The Balaban J connectivity index is 0.000000203. The van der Waals surface area contributed by atoms with Gasteiger partial charge in [-0.3, -0.25) is 20.1 Å². The average molecular weight is 679 g/mol. The van der Waals surface area contributed by atoms with Crippen LogP contribution in [0.2, 0.25) is 0 Å².